The Kier molecular flexibility index (Phi) is 20.6. The Morgan fingerprint density at radius 1 is 1.75 bits per heavy atom. The second-order valence-corrected chi connectivity index (χ2v) is 0.245. The van der Waals surface area contributed by atoms with Gasteiger partial charge in [0.2, 0.25) is 0 Å². The first-order chi connectivity index (χ1) is 1.41. The Morgan fingerprint density at radius 2 is 1.75 bits per heavy atom. The van der Waals surface area contributed by atoms with Gasteiger partial charge in [-0.2, -0.15) is 0 Å². The molecule has 0 aliphatic heterocycles. The third-order valence-electron chi connectivity index (χ3n) is 0. The van der Waals surface area contributed by atoms with Crippen molar-refractivity contribution in [3.8, 4) is 0 Å². The summed E-state index contributed by atoms with van der Waals surface area (Å²) in [5, 5.41) is 0. The van der Waals surface area contributed by atoms with Crippen molar-refractivity contribution in [2.45, 2.75) is 0 Å². The average molecular weight is 129 g/mol. The molecule has 0 bridgehead atoms. The zero-order chi connectivity index (χ0) is 2.71. The fraction of sp³-hybridized carbons (Fsp3) is 0. The molecule has 0 fully saturated rings. The van der Waals surface area contributed by atoms with Crippen LogP contribution in [0.2, 0.25) is 0 Å². The normalized spacial score (nSPS) is 5.25. The molecule has 0 aliphatic rings. The minimum Gasteiger partial charge on any atom is -0.310 e. The van der Waals surface area contributed by atoms with Gasteiger partial charge in [-0.15, -0.1) is 0 Å². The smallest absolute Gasteiger partial charge is 0.310 e. The van der Waals surface area contributed by atoms with E-state index >= 15 is 0 Å². The van der Waals surface area contributed by atoms with Gasteiger partial charge < -0.3 is 4.89 Å². The minimum atomic E-state index is -0.833. The van der Waals surface area contributed by atoms with Crippen LogP contribution >= 0.6 is 8.69 Å². The van der Waals surface area contributed by atoms with Crippen LogP contribution in [-0.2, 0) is 24.0 Å². The van der Waals surface area contributed by atoms with Crippen molar-refractivity contribution < 1.29 is 28.9 Å². The Bertz CT molecular complexity index is 13.5. The molecule has 0 aliphatic carbocycles. The van der Waals surface area contributed by atoms with Gasteiger partial charge in [0, 0.05) is 19.5 Å². The maximum absolute atomic E-state index is 8.46. The summed E-state index contributed by atoms with van der Waals surface area (Å²) in [6.45, 7) is 0. The fourth-order valence-corrected chi connectivity index (χ4v) is 0. The molecule has 0 heterocycles. The maximum Gasteiger partial charge on any atom is 0.324 e. The van der Waals surface area contributed by atoms with Gasteiger partial charge in [0.25, 0.3) is 0 Å². The van der Waals surface area contributed by atoms with Crippen LogP contribution in [0, 0.1) is 0 Å². The summed E-state index contributed by atoms with van der Waals surface area (Å²) in [6.07, 6.45) is 0. The molecule has 4 heavy (non-hydrogen) atoms. The third-order valence-corrected chi connectivity index (χ3v) is 0. The Hall–Kier alpha value is 0.683. The summed E-state index contributed by atoms with van der Waals surface area (Å²) in [6, 6.07) is 0. The summed E-state index contributed by atoms with van der Waals surface area (Å²) in [7, 11) is -0.833. The maximum atomic E-state index is 8.46. The molecule has 0 aromatic carbocycles. The molecule has 1 N–H and O–H groups in total. The van der Waals surface area contributed by atoms with E-state index in [2.05, 4.69) is 0 Å². The summed E-state index contributed by atoms with van der Waals surface area (Å²) >= 11 is 0. The van der Waals surface area contributed by atoms with Gasteiger partial charge >= 0.3 is 8.69 Å². The minimum absolute atomic E-state index is 0. The van der Waals surface area contributed by atoms with Gasteiger partial charge in [-0.3, -0.25) is 0 Å². The first-order valence-electron chi connectivity index (χ1n) is 0.383. The molecule has 0 rings (SSSR count). The number of hydrogen-bond acceptors (Lipinski definition) is 1. The van der Waals surface area contributed by atoms with Crippen LogP contribution in [0.1, 0.15) is 0 Å². The van der Waals surface area contributed by atoms with Crippen molar-refractivity contribution in [1.82, 2.24) is 0 Å². The molecule has 0 spiro atoms. The Labute approximate surface area is 38.3 Å². The molecule has 0 atom stereocenters. The van der Waals surface area contributed by atoms with E-state index in [1.165, 1.54) is 0 Å². The Morgan fingerprint density at radius 3 is 1.75 bits per heavy atom. The molecule has 0 saturated carbocycles. The van der Waals surface area contributed by atoms with E-state index in [1.807, 2.05) is 0 Å². The van der Waals surface area contributed by atoms with Crippen LogP contribution < -0.4 is 0 Å². The third kappa shape index (κ3) is 16.3. The quantitative estimate of drug-likeness (QED) is 0.374. The fourth-order valence-electron chi connectivity index (χ4n) is 0. The van der Waals surface area contributed by atoms with Gasteiger partial charge in [-0.25, -0.2) is 4.57 Å². The van der Waals surface area contributed by atoms with Crippen LogP contribution in [0.5, 0.6) is 0 Å². The first-order valence-corrected chi connectivity index (χ1v) is 1.15. The van der Waals surface area contributed by atoms with Gasteiger partial charge in [-0.05, 0) is 0 Å². The van der Waals surface area contributed by atoms with Gasteiger partial charge in [0.1, 0.15) is 0 Å². The zero-order valence-corrected chi connectivity index (χ0v) is 5.87. The van der Waals surface area contributed by atoms with Crippen molar-refractivity contribution in [1.29, 1.82) is 0 Å². The molecule has 0 saturated heterocycles. The predicted molar refractivity (Wildman–Crippen MR) is 9.83 cm³/mol. The van der Waals surface area contributed by atoms with Crippen LogP contribution in [0.3, 0.4) is 0 Å². The van der Waals surface area contributed by atoms with Crippen LogP contribution in [0.4, 0.5) is 0 Å². The first kappa shape index (κ1) is 8.82. The Balaban J connectivity index is 0. The van der Waals surface area contributed by atoms with E-state index in [9.17, 15) is 0 Å². The van der Waals surface area contributed by atoms with Gasteiger partial charge in [0.15, 0.2) is 0 Å². The van der Waals surface area contributed by atoms with E-state index in [-0.39, 0.29) is 19.5 Å². The largest absolute Gasteiger partial charge is 0.324 e. The molecule has 0 aromatic rings. The standard InChI is InChI=1S/HO2P.Zn/c1-3-2;/h(H,1,2);. The molecule has 0 radical (unpaired) electrons. The van der Waals surface area contributed by atoms with Gasteiger partial charge in [0.05, 0.1) is 0 Å². The van der Waals surface area contributed by atoms with Crippen LogP contribution in [0.25, 0.3) is 0 Å². The van der Waals surface area contributed by atoms with Crippen molar-refractivity contribution in [2.75, 3.05) is 0 Å². The van der Waals surface area contributed by atoms with Crippen molar-refractivity contribution >= 4 is 8.69 Å². The molecule has 2 nitrogen and oxygen atoms in total. The summed E-state index contributed by atoms with van der Waals surface area (Å²) in [5.41, 5.74) is 0. The average Bonchev–Trinajstić information content (AvgIpc) is 0.918. The molecule has 4 heteroatoms. The molecule has 0 aromatic heterocycles. The molecule has 0 amide bonds. The SMILES string of the molecule is O=PO.[Zn]. The van der Waals surface area contributed by atoms with E-state index in [1.54, 1.807) is 0 Å². The molecule has 20 valence electrons. The predicted octanol–water partition coefficient (Wildman–Crippen LogP) is 0.183. The second-order valence-electron chi connectivity index (χ2n) is 0.0816. The van der Waals surface area contributed by atoms with Crippen molar-refractivity contribution in [3.05, 3.63) is 0 Å². The molecular formula is HO2PZn. The van der Waals surface area contributed by atoms with E-state index in [0.29, 0.717) is 0 Å². The number of rotatable bonds is 0. The second kappa shape index (κ2) is 9.36. The van der Waals surface area contributed by atoms with Crippen molar-refractivity contribution in [3.63, 3.8) is 0 Å². The molecule has 0 unspecified atom stereocenters. The van der Waals surface area contributed by atoms with Crippen LogP contribution in [-0.4, -0.2) is 4.89 Å². The van der Waals surface area contributed by atoms with Crippen molar-refractivity contribution in [2.24, 2.45) is 0 Å². The van der Waals surface area contributed by atoms with Crippen LogP contribution in [0.15, 0.2) is 0 Å². The van der Waals surface area contributed by atoms with Gasteiger partial charge in [-0.1, -0.05) is 0 Å². The summed E-state index contributed by atoms with van der Waals surface area (Å²) in [5.74, 6) is 0. The van der Waals surface area contributed by atoms with E-state index in [0.717, 1.165) is 0 Å². The summed E-state index contributed by atoms with van der Waals surface area (Å²) < 4.78 is 8.46. The monoisotopic (exact) mass is 128 g/mol. The van der Waals surface area contributed by atoms with E-state index < -0.39 is 8.69 Å². The summed E-state index contributed by atoms with van der Waals surface area (Å²) in [4.78, 5) is 6.99. The van der Waals surface area contributed by atoms with E-state index in [4.69, 9.17) is 9.46 Å². The molecular weight excluding hydrogens is 128 g/mol. The zero-order valence-electron chi connectivity index (χ0n) is 2.01. The number of hydrogen-bond donors (Lipinski definition) is 1. The topological polar surface area (TPSA) is 37.3 Å².